The average molecular weight is 378 g/mol. The molecular weight excluding hydrogens is 361 g/mol. The van der Waals surface area contributed by atoms with Crippen LogP contribution in [0.1, 0.15) is 34.1 Å². The molecule has 6 nitrogen and oxygen atoms in total. The van der Waals surface area contributed by atoms with E-state index in [1.807, 2.05) is 12.1 Å². The molecule has 0 saturated heterocycles. The third kappa shape index (κ3) is 4.36. The van der Waals surface area contributed by atoms with E-state index in [-0.39, 0.29) is 35.5 Å². The third-order valence-corrected chi connectivity index (χ3v) is 4.26. The summed E-state index contributed by atoms with van der Waals surface area (Å²) in [5, 5.41) is 5.47. The number of nitrogens with zero attached hydrogens (tertiary/aromatic N) is 1. The number of amides is 2. The summed E-state index contributed by atoms with van der Waals surface area (Å²) in [6.07, 6.45) is 1.76. The van der Waals surface area contributed by atoms with E-state index in [0.29, 0.717) is 13.2 Å². The molecule has 1 aromatic carbocycles. The predicted molar refractivity (Wildman–Crippen MR) is 93.1 cm³/mol. The van der Waals surface area contributed by atoms with E-state index < -0.39 is 11.7 Å². The van der Waals surface area contributed by atoms with Crippen LogP contribution < -0.4 is 10.6 Å². The van der Waals surface area contributed by atoms with E-state index in [0.717, 1.165) is 23.4 Å². The molecule has 1 aliphatic rings. The Labute approximate surface area is 154 Å². The summed E-state index contributed by atoms with van der Waals surface area (Å²) in [4.78, 5) is 28.5. The summed E-state index contributed by atoms with van der Waals surface area (Å²) < 4.78 is 18.5. The van der Waals surface area contributed by atoms with Gasteiger partial charge in [-0.25, -0.2) is 4.39 Å². The molecule has 0 saturated carbocycles. The summed E-state index contributed by atoms with van der Waals surface area (Å²) in [6, 6.07) is 6.94. The van der Waals surface area contributed by atoms with E-state index in [9.17, 15) is 14.0 Å². The zero-order valence-corrected chi connectivity index (χ0v) is 14.6. The lowest BCUT2D eigenvalue weighted by molar-refractivity contribution is -0.122. The lowest BCUT2D eigenvalue weighted by Gasteiger charge is -2.25. The van der Waals surface area contributed by atoms with Crippen LogP contribution in [0.25, 0.3) is 0 Å². The molecule has 0 radical (unpaired) electrons. The normalized spacial score (nSPS) is 15.8. The van der Waals surface area contributed by atoms with Crippen molar-refractivity contribution < 1.29 is 18.7 Å². The van der Waals surface area contributed by atoms with Gasteiger partial charge in [-0.1, -0.05) is 17.7 Å². The van der Waals surface area contributed by atoms with Crippen LogP contribution in [0.2, 0.25) is 5.02 Å². The van der Waals surface area contributed by atoms with E-state index in [1.165, 1.54) is 6.07 Å². The molecule has 3 rings (SSSR count). The van der Waals surface area contributed by atoms with Crippen LogP contribution in [-0.4, -0.2) is 29.9 Å². The molecule has 2 aromatic rings. The van der Waals surface area contributed by atoms with Crippen molar-refractivity contribution >= 4 is 23.4 Å². The maximum atomic E-state index is 13.0. The molecule has 0 bridgehead atoms. The molecule has 1 aromatic heterocycles. The molecule has 8 heteroatoms. The molecule has 1 unspecified atom stereocenters. The largest absolute Gasteiger partial charge is 0.374 e. The van der Waals surface area contributed by atoms with Gasteiger partial charge >= 0.3 is 0 Å². The first-order chi connectivity index (χ1) is 12.5. The maximum Gasteiger partial charge on any atom is 0.252 e. The van der Waals surface area contributed by atoms with Gasteiger partial charge in [-0.2, -0.15) is 0 Å². The van der Waals surface area contributed by atoms with E-state index >= 15 is 0 Å². The minimum atomic E-state index is -0.519. The van der Waals surface area contributed by atoms with Gasteiger partial charge in [0.25, 0.3) is 5.91 Å². The number of aromatic nitrogens is 1. The molecule has 1 aliphatic heterocycles. The standard InChI is InChI=1S/C18H17ClFN3O3/c19-14-8-12(20)3-4-13(14)18(25)22-7-5-16(24)23-15-10-26-9-11-2-1-6-21-17(11)15/h1-4,6,8,15H,5,7,9-10H2,(H,22,25)(H,23,24). The SMILES string of the molecule is O=C(CCNC(=O)c1ccc(F)cc1Cl)NC1COCc2cccnc21. The first-order valence-corrected chi connectivity index (χ1v) is 8.46. The number of ether oxygens (including phenoxy) is 1. The fraction of sp³-hybridized carbons (Fsp3) is 0.278. The van der Waals surface area contributed by atoms with Gasteiger partial charge in [0.1, 0.15) is 5.82 Å². The topological polar surface area (TPSA) is 80.3 Å². The number of hydrogen-bond donors (Lipinski definition) is 2. The van der Waals surface area contributed by atoms with Gasteiger partial charge in [0, 0.05) is 24.7 Å². The summed E-state index contributed by atoms with van der Waals surface area (Å²) in [6.45, 7) is 0.957. The van der Waals surface area contributed by atoms with Crippen LogP contribution in [0.4, 0.5) is 4.39 Å². The molecular formula is C18H17ClFN3O3. The number of pyridine rings is 1. The van der Waals surface area contributed by atoms with Gasteiger partial charge in [-0.15, -0.1) is 0 Å². The second-order valence-corrected chi connectivity index (χ2v) is 6.22. The van der Waals surface area contributed by atoms with E-state index in [4.69, 9.17) is 16.3 Å². The van der Waals surface area contributed by atoms with Crippen molar-refractivity contribution in [2.75, 3.05) is 13.2 Å². The molecule has 0 fully saturated rings. The summed E-state index contributed by atoms with van der Waals surface area (Å²) in [5.41, 5.74) is 1.91. The van der Waals surface area contributed by atoms with Crippen LogP contribution in [0.5, 0.6) is 0 Å². The first-order valence-electron chi connectivity index (χ1n) is 8.09. The highest BCUT2D eigenvalue weighted by Gasteiger charge is 2.23. The van der Waals surface area contributed by atoms with Crippen molar-refractivity contribution in [3.63, 3.8) is 0 Å². The van der Waals surface area contributed by atoms with Crippen LogP contribution in [0.15, 0.2) is 36.5 Å². The summed E-state index contributed by atoms with van der Waals surface area (Å²) in [7, 11) is 0. The molecule has 0 aliphatic carbocycles. The number of benzene rings is 1. The summed E-state index contributed by atoms with van der Waals surface area (Å²) in [5.74, 6) is -1.21. The Balaban J connectivity index is 1.50. The molecule has 1 atom stereocenters. The van der Waals surface area contributed by atoms with Gasteiger partial charge in [0.15, 0.2) is 0 Å². The Kier molecular flexibility index (Phi) is 5.80. The van der Waals surface area contributed by atoms with Crippen molar-refractivity contribution in [3.05, 3.63) is 64.2 Å². The molecule has 2 N–H and O–H groups in total. The van der Waals surface area contributed by atoms with Crippen molar-refractivity contribution in [2.45, 2.75) is 19.1 Å². The van der Waals surface area contributed by atoms with Crippen molar-refractivity contribution in [3.8, 4) is 0 Å². The highest BCUT2D eigenvalue weighted by Crippen LogP contribution is 2.22. The number of halogens is 2. The Morgan fingerprint density at radius 1 is 1.35 bits per heavy atom. The van der Waals surface area contributed by atoms with E-state index in [2.05, 4.69) is 15.6 Å². The number of rotatable bonds is 5. The quantitative estimate of drug-likeness (QED) is 0.838. The van der Waals surface area contributed by atoms with Crippen LogP contribution in [0, 0.1) is 5.82 Å². The number of nitrogens with one attached hydrogen (secondary N) is 2. The second-order valence-electron chi connectivity index (χ2n) is 5.81. The molecule has 136 valence electrons. The number of hydrogen-bond acceptors (Lipinski definition) is 4. The Hall–Kier alpha value is -2.51. The van der Waals surface area contributed by atoms with Crippen molar-refractivity contribution in [1.82, 2.24) is 15.6 Å². The van der Waals surface area contributed by atoms with Crippen molar-refractivity contribution in [2.24, 2.45) is 0 Å². The molecule has 0 spiro atoms. The monoisotopic (exact) mass is 377 g/mol. The predicted octanol–water partition coefficient (Wildman–Crippen LogP) is 2.38. The van der Waals surface area contributed by atoms with Gasteiger partial charge in [0.2, 0.25) is 5.91 Å². The van der Waals surface area contributed by atoms with E-state index in [1.54, 1.807) is 6.20 Å². The number of carbonyl (C=O) groups is 2. The van der Waals surface area contributed by atoms with Crippen LogP contribution in [-0.2, 0) is 16.1 Å². The minimum absolute atomic E-state index is 0.0222. The Bertz CT molecular complexity index is 831. The molecule has 2 heterocycles. The minimum Gasteiger partial charge on any atom is -0.374 e. The van der Waals surface area contributed by atoms with Gasteiger partial charge < -0.3 is 15.4 Å². The highest BCUT2D eigenvalue weighted by molar-refractivity contribution is 6.33. The second kappa shape index (κ2) is 8.25. The summed E-state index contributed by atoms with van der Waals surface area (Å²) >= 11 is 5.84. The van der Waals surface area contributed by atoms with Gasteiger partial charge in [0.05, 0.1) is 35.5 Å². The Morgan fingerprint density at radius 3 is 3.00 bits per heavy atom. The smallest absolute Gasteiger partial charge is 0.252 e. The van der Waals surface area contributed by atoms with Crippen LogP contribution in [0.3, 0.4) is 0 Å². The van der Waals surface area contributed by atoms with Gasteiger partial charge in [-0.05, 0) is 24.3 Å². The van der Waals surface area contributed by atoms with Gasteiger partial charge in [-0.3, -0.25) is 14.6 Å². The Morgan fingerprint density at radius 2 is 2.19 bits per heavy atom. The molecule has 26 heavy (non-hydrogen) atoms. The lowest BCUT2D eigenvalue weighted by atomic mass is 10.1. The van der Waals surface area contributed by atoms with Crippen LogP contribution >= 0.6 is 11.6 Å². The fourth-order valence-electron chi connectivity index (χ4n) is 2.69. The third-order valence-electron chi connectivity index (χ3n) is 3.95. The number of carbonyl (C=O) groups excluding carboxylic acids is 2. The first kappa shape index (κ1) is 18.3. The zero-order valence-electron chi connectivity index (χ0n) is 13.8. The van der Waals surface area contributed by atoms with Crippen molar-refractivity contribution in [1.29, 1.82) is 0 Å². The maximum absolute atomic E-state index is 13.0. The fourth-order valence-corrected chi connectivity index (χ4v) is 2.94. The zero-order chi connectivity index (χ0) is 18.5. The molecule has 2 amide bonds. The lowest BCUT2D eigenvalue weighted by Crippen LogP contribution is -2.37. The average Bonchev–Trinajstić information content (AvgIpc) is 2.62. The number of fused-ring (bicyclic) bond motifs is 1. The highest BCUT2D eigenvalue weighted by atomic mass is 35.5.